The zero-order chi connectivity index (χ0) is 33.5. The Morgan fingerprint density at radius 3 is 1.41 bits per heavy atom. The standard InChI is InChI=1S/C43H42O6/c44-38(27-26-33-16-6-1-7-17-33)40-42(47-30-36-22-12-4-13-23-36)43(48-31-37-24-14-5-15-25-37)41(46-29-35-20-10-3-11-21-35)39(49-40)32-45-28-34-18-8-2-9-19-34/h1-25,38-44H,28-32H2/t38?,39?,40-,41+,42?,43?/m0/s1. The molecule has 0 aliphatic carbocycles. The molecule has 1 N–H and O–H groups in total. The molecule has 1 aliphatic heterocycles. The van der Waals surface area contributed by atoms with Crippen LogP contribution in [-0.4, -0.2) is 48.3 Å². The van der Waals surface area contributed by atoms with Crippen LogP contribution in [-0.2, 0) is 50.1 Å². The SMILES string of the molecule is OC(C#Cc1ccccc1)[C@@H]1OC(COCc2ccccc2)[C@@H](OCc2ccccc2)C(OCc2ccccc2)C1OCc1ccccc1. The average molecular weight is 655 g/mol. The normalized spacial score (nSPS) is 21.0. The van der Waals surface area contributed by atoms with Crippen molar-refractivity contribution in [3.8, 4) is 11.8 Å². The molecule has 0 radical (unpaired) electrons. The van der Waals surface area contributed by atoms with Gasteiger partial charge in [-0.25, -0.2) is 0 Å². The second-order valence-corrected chi connectivity index (χ2v) is 12.0. The smallest absolute Gasteiger partial charge is 0.143 e. The van der Waals surface area contributed by atoms with Crippen molar-refractivity contribution in [2.75, 3.05) is 6.61 Å². The Kier molecular flexibility index (Phi) is 12.8. The maximum absolute atomic E-state index is 11.7. The van der Waals surface area contributed by atoms with Crippen LogP contribution in [0.1, 0.15) is 27.8 Å². The van der Waals surface area contributed by atoms with Gasteiger partial charge in [0.1, 0.15) is 36.6 Å². The lowest BCUT2D eigenvalue weighted by molar-refractivity contribution is -0.282. The first kappa shape index (κ1) is 34.3. The molecular weight excluding hydrogens is 612 g/mol. The summed E-state index contributed by atoms with van der Waals surface area (Å²) in [6.45, 7) is 1.55. The van der Waals surface area contributed by atoms with Crippen molar-refractivity contribution in [1.29, 1.82) is 0 Å². The Hall–Kier alpha value is -4.58. The topological polar surface area (TPSA) is 66.4 Å². The molecule has 0 amide bonds. The fraction of sp³-hybridized carbons (Fsp3) is 0.256. The molecule has 1 saturated heterocycles. The lowest BCUT2D eigenvalue weighted by Crippen LogP contribution is -2.63. The average Bonchev–Trinajstić information content (AvgIpc) is 3.17. The molecule has 0 spiro atoms. The van der Waals surface area contributed by atoms with Crippen LogP contribution in [0, 0.1) is 11.8 Å². The van der Waals surface area contributed by atoms with Gasteiger partial charge in [-0.15, -0.1) is 0 Å². The van der Waals surface area contributed by atoms with Crippen molar-refractivity contribution < 1.29 is 28.8 Å². The Morgan fingerprint density at radius 2 is 0.918 bits per heavy atom. The van der Waals surface area contributed by atoms with Crippen LogP contribution >= 0.6 is 0 Å². The molecule has 6 nitrogen and oxygen atoms in total. The van der Waals surface area contributed by atoms with E-state index in [4.69, 9.17) is 23.7 Å². The molecule has 6 rings (SSSR count). The maximum Gasteiger partial charge on any atom is 0.143 e. The predicted molar refractivity (Wildman–Crippen MR) is 189 cm³/mol. The van der Waals surface area contributed by atoms with E-state index in [0.29, 0.717) is 19.8 Å². The molecule has 1 heterocycles. The van der Waals surface area contributed by atoms with Gasteiger partial charge in [-0.1, -0.05) is 151 Å². The van der Waals surface area contributed by atoms with Crippen molar-refractivity contribution in [3.63, 3.8) is 0 Å². The summed E-state index contributed by atoms with van der Waals surface area (Å²) in [5, 5.41) is 11.7. The first-order valence-corrected chi connectivity index (χ1v) is 16.7. The summed E-state index contributed by atoms with van der Waals surface area (Å²) < 4.78 is 33.1. The summed E-state index contributed by atoms with van der Waals surface area (Å²) in [5.41, 5.74) is 4.86. The minimum atomic E-state index is -1.18. The van der Waals surface area contributed by atoms with Crippen molar-refractivity contribution in [2.24, 2.45) is 0 Å². The van der Waals surface area contributed by atoms with Gasteiger partial charge in [0.2, 0.25) is 0 Å². The zero-order valence-corrected chi connectivity index (χ0v) is 27.4. The quantitative estimate of drug-likeness (QED) is 0.129. The number of ether oxygens (including phenoxy) is 5. The first-order chi connectivity index (χ1) is 24.2. The number of aliphatic hydroxyl groups excluding tert-OH is 1. The first-order valence-electron chi connectivity index (χ1n) is 16.7. The Morgan fingerprint density at radius 1 is 0.510 bits per heavy atom. The van der Waals surface area contributed by atoms with Crippen molar-refractivity contribution >= 4 is 0 Å². The lowest BCUT2D eigenvalue weighted by Gasteiger charge is -2.47. The predicted octanol–water partition coefficient (Wildman–Crippen LogP) is 7.14. The van der Waals surface area contributed by atoms with Gasteiger partial charge >= 0.3 is 0 Å². The van der Waals surface area contributed by atoms with E-state index in [9.17, 15) is 5.11 Å². The van der Waals surface area contributed by atoms with Crippen molar-refractivity contribution in [2.45, 2.75) is 63.1 Å². The minimum Gasteiger partial charge on any atom is -0.377 e. The molecule has 0 saturated carbocycles. The molecule has 5 aromatic carbocycles. The van der Waals surface area contributed by atoms with Crippen LogP contribution < -0.4 is 0 Å². The molecule has 0 bridgehead atoms. The van der Waals surface area contributed by atoms with E-state index >= 15 is 0 Å². The summed E-state index contributed by atoms with van der Waals surface area (Å²) in [5.74, 6) is 6.14. The van der Waals surface area contributed by atoms with Gasteiger partial charge < -0.3 is 28.8 Å². The number of rotatable bonds is 14. The van der Waals surface area contributed by atoms with Gasteiger partial charge in [0.05, 0.1) is 33.0 Å². The van der Waals surface area contributed by atoms with Gasteiger partial charge in [0.15, 0.2) is 0 Å². The molecular formula is C43H42O6. The lowest BCUT2D eigenvalue weighted by atomic mass is 9.91. The molecule has 4 unspecified atom stereocenters. The zero-order valence-electron chi connectivity index (χ0n) is 27.4. The highest BCUT2D eigenvalue weighted by Gasteiger charge is 2.50. The van der Waals surface area contributed by atoms with E-state index in [1.807, 2.05) is 152 Å². The molecule has 250 valence electrons. The molecule has 6 heteroatoms. The second kappa shape index (κ2) is 18.3. The van der Waals surface area contributed by atoms with Crippen LogP contribution in [0.25, 0.3) is 0 Å². The monoisotopic (exact) mass is 654 g/mol. The van der Waals surface area contributed by atoms with Crippen LogP contribution in [0.5, 0.6) is 0 Å². The highest BCUT2D eigenvalue weighted by atomic mass is 16.6. The molecule has 5 aromatic rings. The Labute approximate surface area is 289 Å². The largest absolute Gasteiger partial charge is 0.377 e. The van der Waals surface area contributed by atoms with Crippen LogP contribution in [0.15, 0.2) is 152 Å². The highest BCUT2D eigenvalue weighted by Crippen LogP contribution is 2.32. The van der Waals surface area contributed by atoms with Gasteiger partial charge in [-0.05, 0) is 34.4 Å². The van der Waals surface area contributed by atoms with Gasteiger partial charge in [0.25, 0.3) is 0 Å². The van der Waals surface area contributed by atoms with E-state index in [1.54, 1.807) is 0 Å². The summed E-state index contributed by atoms with van der Waals surface area (Å²) in [6, 6.07) is 49.5. The number of benzene rings is 5. The van der Waals surface area contributed by atoms with E-state index in [-0.39, 0.29) is 13.2 Å². The third-order valence-corrected chi connectivity index (χ3v) is 8.37. The number of hydrogen-bond acceptors (Lipinski definition) is 6. The van der Waals surface area contributed by atoms with Gasteiger partial charge in [-0.3, -0.25) is 0 Å². The number of hydrogen-bond donors (Lipinski definition) is 1. The number of aliphatic hydroxyl groups is 1. The summed E-state index contributed by atoms with van der Waals surface area (Å²) in [7, 11) is 0. The molecule has 1 fully saturated rings. The van der Waals surface area contributed by atoms with Gasteiger partial charge in [0, 0.05) is 5.56 Å². The van der Waals surface area contributed by atoms with Crippen LogP contribution in [0.3, 0.4) is 0 Å². The fourth-order valence-electron chi connectivity index (χ4n) is 5.84. The summed E-state index contributed by atoms with van der Waals surface area (Å²) in [4.78, 5) is 0. The summed E-state index contributed by atoms with van der Waals surface area (Å²) >= 11 is 0. The van der Waals surface area contributed by atoms with Crippen LogP contribution in [0.4, 0.5) is 0 Å². The molecule has 1 aliphatic rings. The minimum absolute atomic E-state index is 0.209. The van der Waals surface area contributed by atoms with Crippen molar-refractivity contribution in [1.82, 2.24) is 0 Å². The van der Waals surface area contributed by atoms with E-state index in [2.05, 4.69) is 11.8 Å². The molecule has 6 atom stereocenters. The summed E-state index contributed by atoms with van der Waals surface area (Å²) in [6.07, 6.45) is -4.59. The Balaban J connectivity index is 1.33. The van der Waals surface area contributed by atoms with Crippen molar-refractivity contribution in [3.05, 3.63) is 179 Å². The second-order valence-electron chi connectivity index (χ2n) is 12.0. The van der Waals surface area contributed by atoms with Gasteiger partial charge in [-0.2, -0.15) is 0 Å². The highest BCUT2D eigenvalue weighted by molar-refractivity contribution is 5.35. The fourth-order valence-corrected chi connectivity index (χ4v) is 5.84. The third-order valence-electron chi connectivity index (χ3n) is 8.37. The maximum atomic E-state index is 11.7. The van der Waals surface area contributed by atoms with E-state index in [1.165, 1.54) is 0 Å². The van der Waals surface area contributed by atoms with E-state index in [0.717, 1.165) is 27.8 Å². The molecule has 0 aromatic heterocycles. The van der Waals surface area contributed by atoms with E-state index < -0.39 is 36.6 Å². The van der Waals surface area contributed by atoms with Crippen LogP contribution in [0.2, 0.25) is 0 Å². The Bertz CT molecular complexity index is 1710. The third kappa shape index (κ3) is 10.2. The molecule has 49 heavy (non-hydrogen) atoms.